The van der Waals surface area contributed by atoms with E-state index in [1.54, 1.807) is 0 Å². The molecule has 1 aromatic carbocycles. The average molecular weight is 508 g/mol. The summed E-state index contributed by atoms with van der Waals surface area (Å²) in [5.41, 5.74) is 0.173. The summed E-state index contributed by atoms with van der Waals surface area (Å²) >= 11 is 0. The van der Waals surface area contributed by atoms with Gasteiger partial charge in [-0.05, 0) is 31.9 Å². The van der Waals surface area contributed by atoms with E-state index in [1.807, 2.05) is 0 Å². The van der Waals surface area contributed by atoms with Gasteiger partial charge in [-0.2, -0.15) is 0 Å². The Kier molecular flexibility index (Phi) is 13.5. The second-order valence-electron chi connectivity index (χ2n) is 7.45. The molecule has 0 bridgehead atoms. The lowest BCUT2D eigenvalue weighted by molar-refractivity contribution is -0.150. The van der Waals surface area contributed by atoms with E-state index in [4.69, 9.17) is 25.2 Å². The summed E-state index contributed by atoms with van der Waals surface area (Å²) in [5.74, 6) is -7.29. The number of carboxylic acid groups (broad SMARTS) is 4. The molecule has 12 heteroatoms. The Morgan fingerprint density at radius 3 is 1.78 bits per heavy atom. The van der Waals surface area contributed by atoms with E-state index in [9.17, 15) is 28.8 Å². The van der Waals surface area contributed by atoms with Crippen molar-refractivity contribution in [2.24, 2.45) is 5.92 Å². The molecule has 36 heavy (non-hydrogen) atoms. The van der Waals surface area contributed by atoms with Crippen LogP contribution in [0.15, 0.2) is 42.5 Å². The van der Waals surface area contributed by atoms with E-state index < -0.39 is 48.2 Å². The molecule has 0 aliphatic rings. The standard InChI is InChI=1S/C14H14O6.C10H14O6/c1-8(2)14(19)20-7-6-9-4-3-5-10(12(15)16)11(9)13(17)18;1-6(2)10(15)16-4-3-7(9(13)14)5-8(11)12/h3-5H,1,6-7H2,2H3,(H,15,16)(H,17,18);7H,1,3-5H2,2H3,(H,11,12)(H,13,14). The fourth-order valence-electron chi connectivity index (χ4n) is 2.56. The number of aromatic carboxylic acids is 2. The SMILES string of the molecule is C=C(C)C(=O)OCCC(CC(=O)O)C(=O)O.C=C(C)C(=O)OCCc1cccc(C(=O)O)c1C(=O)O. The van der Waals surface area contributed by atoms with Crippen molar-refractivity contribution in [3.63, 3.8) is 0 Å². The first-order valence-corrected chi connectivity index (χ1v) is 10.4. The number of rotatable bonds is 13. The molecule has 0 radical (unpaired) electrons. The van der Waals surface area contributed by atoms with Gasteiger partial charge in [-0.1, -0.05) is 25.3 Å². The predicted molar refractivity (Wildman–Crippen MR) is 124 cm³/mol. The Labute approximate surface area is 206 Å². The number of esters is 2. The smallest absolute Gasteiger partial charge is 0.336 e. The van der Waals surface area contributed by atoms with Crippen LogP contribution in [0.5, 0.6) is 0 Å². The van der Waals surface area contributed by atoms with Gasteiger partial charge in [-0.25, -0.2) is 19.2 Å². The second-order valence-corrected chi connectivity index (χ2v) is 7.45. The van der Waals surface area contributed by atoms with E-state index in [0.717, 1.165) is 0 Å². The molecule has 0 aliphatic heterocycles. The third kappa shape index (κ3) is 11.6. The number of hydrogen-bond donors (Lipinski definition) is 4. The van der Waals surface area contributed by atoms with Gasteiger partial charge >= 0.3 is 35.8 Å². The van der Waals surface area contributed by atoms with Gasteiger partial charge < -0.3 is 29.9 Å². The van der Waals surface area contributed by atoms with E-state index in [0.29, 0.717) is 5.56 Å². The monoisotopic (exact) mass is 508 g/mol. The largest absolute Gasteiger partial charge is 0.481 e. The molecule has 0 saturated heterocycles. The summed E-state index contributed by atoms with van der Waals surface area (Å²) in [7, 11) is 0. The number of carbonyl (C=O) groups excluding carboxylic acids is 2. The third-order valence-corrected chi connectivity index (χ3v) is 4.37. The zero-order chi connectivity index (χ0) is 28.0. The molecule has 12 nitrogen and oxygen atoms in total. The number of benzene rings is 1. The molecule has 1 unspecified atom stereocenters. The summed E-state index contributed by atoms with van der Waals surface area (Å²) in [5, 5.41) is 35.2. The van der Waals surface area contributed by atoms with E-state index in [1.165, 1.54) is 32.0 Å². The molecule has 1 rings (SSSR count). The van der Waals surface area contributed by atoms with E-state index in [-0.39, 0.29) is 48.3 Å². The third-order valence-electron chi connectivity index (χ3n) is 4.37. The molecular formula is C24H28O12. The van der Waals surface area contributed by atoms with Gasteiger partial charge in [0.05, 0.1) is 36.7 Å². The van der Waals surface area contributed by atoms with Gasteiger partial charge in [0.2, 0.25) is 0 Å². The maximum Gasteiger partial charge on any atom is 0.336 e. The highest BCUT2D eigenvalue weighted by atomic mass is 16.5. The predicted octanol–water partition coefficient (Wildman–Crippen LogP) is 2.42. The molecule has 0 aromatic heterocycles. The molecule has 1 aromatic rings. The van der Waals surface area contributed by atoms with Crippen LogP contribution in [0.3, 0.4) is 0 Å². The van der Waals surface area contributed by atoms with Crippen molar-refractivity contribution in [2.45, 2.75) is 33.1 Å². The summed E-state index contributed by atoms with van der Waals surface area (Å²) in [4.78, 5) is 65.2. The van der Waals surface area contributed by atoms with Crippen molar-refractivity contribution in [1.29, 1.82) is 0 Å². The normalized spacial score (nSPS) is 10.6. The number of carboxylic acids is 4. The van der Waals surface area contributed by atoms with Gasteiger partial charge in [0.15, 0.2) is 0 Å². The molecule has 0 spiro atoms. The molecule has 4 N–H and O–H groups in total. The number of ether oxygens (including phenoxy) is 2. The lowest BCUT2D eigenvalue weighted by Gasteiger charge is -2.09. The van der Waals surface area contributed by atoms with Gasteiger partial charge in [0.1, 0.15) is 0 Å². The maximum atomic E-state index is 11.2. The van der Waals surface area contributed by atoms with Crippen molar-refractivity contribution in [3.05, 3.63) is 59.2 Å². The van der Waals surface area contributed by atoms with Crippen LogP contribution >= 0.6 is 0 Å². The topological polar surface area (TPSA) is 202 Å². The molecule has 1 atom stereocenters. The lowest BCUT2D eigenvalue weighted by Crippen LogP contribution is -2.20. The van der Waals surface area contributed by atoms with Gasteiger partial charge in [0.25, 0.3) is 0 Å². The highest BCUT2D eigenvalue weighted by Crippen LogP contribution is 2.16. The van der Waals surface area contributed by atoms with Crippen LogP contribution in [0.1, 0.15) is 53.0 Å². The van der Waals surface area contributed by atoms with Gasteiger partial charge in [0, 0.05) is 17.6 Å². The number of aliphatic carboxylic acids is 2. The highest BCUT2D eigenvalue weighted by Gasteiger charge is 2.21. The average Bonchev–Trinajstić information content (AvgIpc) is 2.77. The number of hydrogen-bond acceptors (Lipinski definition) is 8. The Bertz CT molecular complexity index is 1040. The van der Waals surface area contributed by atoms with Crippen LogP contribution in [0.4, 0.5) is 0 Å². The van der Waals surface area contributed by atoms with E-state index >= 15 is 0 Å². The fourth-order valence-corrected chi connectivity index (χ4v) is 2.56. The Balaban J connectivity index is 0.000000700. The van der Waals surface area contributed by atoms with Crippen LogP contribution in [0.25, 0.3) is 0 Å². The minimum Gasteiger partial charge on any atom is -0.481 e. The van der Waals surface area contributed by atoms with Crippen molar-refractivity contribution in [3.8, 4) is 0 Å². The maximum absolute atomic E-state index is 11.2. The lowest BCUT2D eigenvalue weighted by atomic mass is 9.99. The van der Waals surface area contributed by atoms with Crippen LogP contribution < -0.4 is 0 Å². The first-order chi connectivity index (χ1) is 16.7. The van der Waals surface area contributed by atoms with Crippen molar-refractivity contribution >= 4 is 35.8 Å². The first kappa shape index (κ1) is 31.5. The van der Waals surface area contributed by atoms with Crippen LogP contribution in [-0.4, -0.2) is 69.5 Å². The second kappa shape index (κ2) is 15.4. The summed E-state index contributed by atoms with van der Waals surface area (Å²) in [6.45, 7) is 9.56. The van der Waals surface area contributed by atoms with Crippen LogP contribution in [0.2, 0.25) is 0 Å². The Morgan fingerprint density at radius 2 is 1.36 bits per heavy atom. The zero-order valence-electron chi connectivity index (χ0n) is 19.8. The van der Waals surface area contributed by atoms with Crippen LogP contribution in [0, 0.1) is 5.92 Å². The minimum atomic E-state index is -1.33. The molecule has 196 valence electrons. The summed E-state index contributed by atoms with van der Waals surface area (Å²) in [6, 6.07) is 4.16. The Morgan fingerprint density at radius 1 is 0.833 bits per heavy atom. The van der Waals surface area contributed by atoms with Crippen molar-refractivity contribution in [2.75, 3.05) is 13.2 Å². The first-order valence-electron chi connectivity index (χ1n) is 10.4. The van der Waals surface area contributed by atoms with E-state index in [2.05, 4.69) is 17.9 Å². The van der Waals surface area contributed by atoms with Crippen LogP contribution in [-0.2, 0) is 35.1 Å². The highest BCUT2D eigenvalue weighted by molar-refractivity contribution is 6.02. The molecule has 0 saturated carbocycles. The van der Waals surface area contributed by atoms with Gasteiger partial charge in [-0.3, -0.25) is 9.59 Å². The minimum absolute atomic E-state index is 0.0271. The van der Waals surface area contributed by atoms with Gasteiger partial charge in [-0.15, -0.1) is 0 Å². The van der Waals surface area contributed by atoms with Crippen molar-refractivity contribution in [1.82, 2.24) is 0 Å². The molecule has 0 aliphatic carbocycles. The molecule has 0 heterocycles. The Hall–Kier alpha value is -4.48. The fraction of sp³-hybridized carbons (Fsp3) is 0.333. The molecular weight excluding hydrogens is 480 g/mol. The zero-order valence-corrected chi connectivity index (χ0v) is 19.8. The van der Waals surface area contributed by atoms with Crippen molar-refractivity contribution < 1.29 is 58.7 Å². The molecule has 0 amide bonds. The quantitative estimate of drug-likeness (QED) is 0.224. The molecule has 0 fully saturated rings. The number of carbonyl (C=O) groups is 6. The summed E-state index contributed by atoms with van der Waals surface area (Å²) in [6.07, 6.45) is -0.400. The summed E-state index contributed by atoms with van der Waals surface area (Å²) < 4.78 is 9.53.